The third-order valence-corrected chi connectivity index (χ3v) is 4.88. The standard InChI is InChI=1S/C17H24N2O3/c18-9-8-17(21)10-14-6-7-15(11-17)19(14)16(20)22-12-13-4-2-1-3-5-13/h1-5,14-15,21H,6-12,18H2. The Morgan fingerprint density at radius 2 is 1.91 bits per heavy atom. The Bertz CT molecular complexity index is 506. The fourth-order valence-corrected chi connectivity index (χ4v) is 3.89. The van der Waals surface area contributed by atoms with E-state index < -0.39 is 5.60 Å². The first-order valence-corrected chi connectivity index (χ1v) is 8.03. The van der Waals surface area contributed by atoms with Gasteiger partial charge in [-0.25, -0.2) is 4.79 Å². The molecule has 2 aliphatic rings. The van der Waals surface area contributed by atoms with E-state index in [4.69, 9.17) is 10.5 Å². The van der Waals surface area contributed by atoms with E-state index in [1.54, 1.807) is 0 Å². The highest BCUT2D eigenvalue weighted by atomic mass is 16.6. The van der Waals surface area contributed by atoms with Crippen LogP contribution in [-0.4, -0.2) is 40.3 Å². The van der Waals surface area contributed by atoms with E-state index in [2.05, 4.69) is 0 Å². The molecule has 5 nitrogen and oxygen atoms in total. The van der Waals surface area contributed by atoms with Crippen LogP contribution in [0.25, 0.3) is 0 Å². The highest BCUT2D eigenvalue weighted by Crippen LogP contribution is 2.42. The molecule has 1 amide bonds. The molecule has 2 aliphatic heterocycles. The quantitative estimate of drug-likeness (QED) is 0.892. The third-order valence-electron chi connectivity index (χ3n) is 4.88. The summed E-state index contributed by atoms with van der Waals surface area (Å²) in [6, 6.07) is 9.85. The van der Waals surface area contributed by atoms with Gasteiger partial charge in [-0.1, -0.05) is 30.3 Å². The van der Waals surface area contributed by atoms with Crippen molar-refractivity contribution in [1.29, 1.82) is 0 Å². The van der Waals surface area contributed by atoms with Gasteiger partial charge in [0.2, 0.25) is 0 Å². The number of nitrogens with zero attached hydrogens (tertiary/aromatic N) is 1. The normalized spacial score (nSPS) is 30.4. The smallest absolute Gasteiger partial charge is 0.410 e. The summed E-state index contributed by atoms with van der Waals surface area (Å²) in [5.74, 6) is 0. The van der Waals surface area contributed by atoms with Crippen LogP contribution in [-0.2, 0) is 11.3 Å². The number of piperidine rings is 1. The lowest BCUT2D eigenvalue weighted by atomic mass is 9.84. The van der Waals surface area contributed by atoms with E-state index in [0.717, 1.165) is 18.4 Å². The summed E-state index contributed by atoms with van der Waals surface area (Å²) in [4.78, 5) is 14.2. The van der Waals surface area contributed by atoms with Gasteiger partial charge >= 0.3 is 6.09 Å². The van der Waals surface area contributed by atoms with E-state index in [1.165, 1.54) is 0 Å². The molecule has 2 unspecified atom stereocenters. The SMILES string of the molecule is NCCC1(O)CC2CCC(C1)N2C(=O)OCc1ccccc1. The summed E-state index contributed by atoms with van der Waals surface area (Å²) in [5, 5.41) is 10.6. The second kappa shape index (κ2) is 6.26. The highest BCUT2D eigenvalue weighted by Gasteiger charge is 2.49. The number of amides is 1. The number of nitrogens with two attached hydrogens (primary N) is 1. The molecule has 120 valence electrons. The maximum Gasteiger partial charge on any atom is 0.410 e. The number of fused-ring (bicyclic) bond motifs is 2. The monoisotopic (exact) mass is 304 g/mol. The van der Waals surface area contributed by atoms with E-state index >= 15 is 0 Å². The van der Waals surface area contributed by atoms with Gasteiger partial charge < -0.3 is 20.5 Å². The van der Waals surface area contributed by atoms with Crippen LogP contribution >= 0.6 is 0 Å². The summed E-state index contributed by atoms with van der Waals surface area (Å²) < 4.78 is 5.46. The van der Waals surface area contributed by atoms with Crippen molar-refractivity contribution < 1.29 is 14.6 Å². The lowest BCUT2D eigenvalue weighted by molar-refractivity contribution is -0.0524. The number of aliphatic hydroxyl groups is 1. The van der Waals surface area contributed by atoms with Gasteiger partial charge in [0.1, 0.15) is 6.61 Å². The zero-order valence-corrected chi connectivity index (χ0v) is 12.8. The van der Waals surface area contributed by atoms with Gasteiger partial charge in [0.15, 0.2) is 0 Å². The Morgan fingerprint density at radius 3 is 2.50 bits per heavy atom. The van der Waals surface area contributed by atoms with Crippen LogP contribution in [0.3, 0.4) is 0 Å². The Kier molecular flexibility index (Phi) is 4.36. The third kappa shape index (κ3) is 3.10. The molecule has 0 spiro atoms. The van der Waals surface area contributed by atoms with Gasteiger partial charge in [0, 0.05) is 12.1 Å². The van der Waals surface area contributed by atoms with Gasteiger partial charge in [-0.05, 0) is 44.2 Å². The average Bonchev–Trinajstić information content (AvgIpc) is 2.79. The van der Waals surface area contributed by atoms with Crippen molar-refractivity contribution in [3.8, 4) is 0 Å². The molecule has 1 aromatic rings. The van der Waals surface area contributed by atoms with Crippen molar-refractivity contribution in [3.63, 3.8) is 0 Å². The molecule has 2 fully saturated rings. The molecule has 22 heavy (non-hydrogen) atoms. The minimum Gasteiger partial charge on any atom is -0.445 e. The molecule has 0 aliphatic carbocycles. The average molecular weight is 304 g/mol. The summed E-state index contributed by atoms with van der Waals surface area (Å²) in [6.07, 6.45) is 3.46. The number of ether oxygens (including phenoxy) is 1. The first kappa shape index (κ1) is 15.3. The van der Waals surface area contributed by atoms with Gasteiger partial charge in [0.05, 0.1) is 5.60 Å². The summed E-state index contributed by atoms with van der Waals surface area (Å²) >= 11 is 0. The molecule has 2 bridgehead atoms. The fraction of sp³-hybridized carbons (Fsp3) is 0.588. The molecule has 3 N–H and O–H groups in total. The maximum atomic E-state index is 12.4. The molecule has 3 rings (SSSR count). The van der Waals surface area contributed by atoms with Crippen molar-refractivity contribution >= 4 is 6.09 Å². The summed E-state index contributed by atoms with van der Waals surface area (Å²) in [5.41, 5.74) is 5.87. The molecule has 2 heterocycles. The zero-order chi connectivity index (χ0) is 15.6. The van der Waals surface area contributed by atoms with Crippen LogP contribution in [0.2, 0.25) is 0 Å². The van der Waals surface area contributed by atoms with E-state index in [1.807, 2.05) is 35.2 Å². The van der Waals surface area contributed by atoms with Crippen LogP contribution in [0.5, 0.6) is 0 Å². The second-order valence-electron chi connectivity index (χ2n) is 6.50. The molecule has 2 atom stereocenters. The zero-order valence-electron chi connectivity index (χ0n) is 12.8. The molecule has 0 aromatic heterocycles. The predicted molar refractivity (Wildman–Crippen MR) is 83.1 cm³/mol. The van der Waals surface area contributed by atoms with Crippen molar-refractivity contribution in [2.24, 2.45) is 5.73 Å². The number of hydrogen-bond donors (Lipinski definition) is 2. The molecule has 0 radical (unpaired) electrons. The fourth-order valence-electron chi connectivity index (χ4n) is 3.89. The van der Waals surface area contributed by atoms with Crippen LogP contribution in [0.15, 0.2) is 30.3 Å². The Labute approximate surface area is 131 Å². The van der Waals surface area contributed by atoms with Crippen LogP contribution in [0.1, 0.15) is 37.7 Å². The van der Waals surface area contributed by atoms with Crippen molar-refractivity contribution in [1.82, 2.24) is 4.90 Å². The second-order valence-corrected chi connectivity index (χ2v) is 6.50. The van der Waals surface area contributed by atoms with Gasteiger partial charge in [-0.2, -0.15) is 0 Å². The summed E-state index contributed by atoms with van der Waals surface area (Å²) in [6.45, 7) is 0.775. The molecule has 1 aromatic carbocycles. The first-order chi connectivity index (χ1) is 10.6. The summed E-state index contributed by atoms with van der Waals surface area (Å²) in [7, 11) is 0. The van der Waals surface area contributed by atoms with Crippen molar-refractivity contribution in [2.75, 3.05) is 6.54 Å². The van der Waals surface area contributed by atoms with Crippen LogP contribution in [0, 0.1) is 0 Å². The Balaban J connectivity index is 1.60. The largest absolute Gasteiger partial charge is 0.445 e. The minimum atomic E-state index is -0.712. The number of rotatable bonds is 4. The van der Waals surface area contributed by atoms with Gasteiger partial charge in [0.25, 0.3) is 0 Å². The van der Waals surface area contributed by atoms with E-state index in [-0.39, 0.29) is 18.2 Å². The van der Waals surface area contributed by atoms with E-state index in [9.17, 15) is 9.90 Å². The lowest BCUT2D eigenvalue weighted by Gasteiger charge is -2.43. The number of hydrogen-bond acceptors (Lipinski definition) is 4. The van der Waals surface area contributed by atoms with Gasteiger partial charge in [-0.3, -0.25) is 0 Å². The number of carbonyl (C=O) groups excluding carboxylic acids is 1. The molecule has 0 saturated carbocycles. The molecule has 2 saturated heterocycles. The number of carbonyl (C=O) groups is 1. The van der Waals surface area contributed by atoms with Crippen molar-refractivity contribution in [3.05, 3.63) is 35.9 Å². The highest BCUT2D eigenvalue weighted by molar-refractivity contribution is 5.69. The Morgan fingerprint density at radius 1 is 1.27 bits per heavy atom. The lowest BCUT2D eigenvalue weighted by Crippen LogP contribution is -2.53. The van der Waals surface area contributed by atoms with E-state index in [0.29, 0.717) is 32.4 Å². The van der Waals surface area contributed by atoms with Crippen molar-refractivity contribution in [2.45, 2.75) is 56.4 Å². The predicted octanol–water partition coefficient (Wildman–Crippen LogP) is 2.03. The first-order valence-electron chi connectivity index (χ1n) is 8.03. The maximum absolute atomic E-state index is 12.4. The minimum absolute atomic E-state index is 0.0820. The molecule has 5 heteroatoms. The number of benzene rings is 1. The topological polar surface area (TPSA) is 75.8 Å². The Hall–Kier alpha value is -1.59. The van der Waals surface area contributed by atoms with Crippen LogP contribution in [0.4, 0.5) is 4.79 Å². The molecular formula is C17H24N2O3. The molecular weight excluding hydrogens is 280 g/mol. The van der Waals surface area contributed by atoms with Crippen LogP contribution < -0.4 is 5.73 Å². The van der Waals surface area contributed by atoms with Gasteiger partial charge in [-0.15, -0.1) is 0 Å².